The van der Waals surface area contributed by atoms with E-state index in [1.165, 1.54) is 0 Å². The Morgan fingerprint density at radius 3 is 2.79 bits per heavy atom. The Labute approximate surface area is 193 Å². The van der Waals surface area contributed by atoms with E-state index in [0.29, 0.717) is 6.54 Å². The lowest BCUT2D eigenvalue weighted by molar-refractivity contribution is -0.120. The first-order chi connectivity index (χ1) is 16.2. The van der Waals surface area contributed by atoms with Gasteiger partial charge in [0.1, 0.15) is 11.9 Å². The van der Waals surface area contributed by atoms with Crippen molar-refractivity contribution < 1.29 is 9.53 Å². The van der Waals surface area contributed by atoms with E-state index < -0.39 is 0 Å². The smallest absolute Gasteiger partial charge is 0.224 e. The lowest BCUT2D eigenvalue weighted by Crippen LogP contribution is -2.24. The molecule has 1 aliphatic heterocycles. The minimum absolute atomic E-state index is 0.0351. The number of amides is 1. The molecule has 1 amide bonds. The number of nitrogens with zero attached hydrogens (tertiary/aromatic N) is 2. The number of para-hydroxylation sites is 1. The molecule has 0 radical (unpaired) electrons. The van der Waals surface area contributed by atoms with Crippen molar-refractivity contribution in [3.8, 4) is 17.0 Å². The zero-order valence-electron chi connectivity index (χ0n) is 18.3. The number of benzene rings is 2. The first-order valence-corrected chi connectivity index (χ1v) is 11.3. The van der Waals surface area contributed by atoms with E-state index in [2.05, 4.69) is 21.7 Å². The Morgan fingerprint density at radius 2 is 1.94 bits per heavy atom. The average molecular weight is 439 g/mol. The first kappa shape index (κ1) is 21.1. The number of pyridine rings is 2. The largest absolute Gasteiger partial charge is 0.489 e. The summed E-state index contributed by atoms with van der Waals surface area (Å²) in [7, 11) is 0. The molecular formula is C27H26N4O2. The van der Waals surface area contributed by atoms with Crippen LogP contribution in [0.2, 0.25) is 0 Å². The molecule has 2 aromatic carbocycles. The number of rotatable bonds is 7. The van der Waals surface area contributed by atoms with E-state index in [-0.39, 0.29) is 18.4 Å². The summed E-state index contributed by atoms with van der Waals surface area (Å²) in [4.78, 5) is 21.6. The van der Waals surface area contributed by atoms with Gasteiger partial charge < -0.3 is 15.4 Å². The number of carbonyl (C=O) groups is 1. The molecule has 6 nitrogen and oxygen atoms in total. The standard InChI is InChI=1S/C27H26N4O2/c32-26(30-17-19-9-12-28-13-10-19)16-22-5-1-3-20-7-8-25(31-27(20)22)21-4-2-6-23(15-21)33-24-11-14-29-18-24/h1-10,12-13,15,24,29H,11,14,16-18H2,(H,30,32)/t24-/m1/s1. The predicted octanol–water partition coefficient (Wildman–Crippen LogP) is 3.90. The number of hydrogen-bond acceptors (Lipinski definition) is 5. The number of nitrogens with one attached hydrogen (secondary N) is 2. The quantitative estimate of drug-likeness (QED) is 0.458. The fourth-order valence-electron chi connectivity index (χ4n) is 4.10. The normalized spacial score (nSPS) is 15.5. The van der Waals surface area contributed by atoms with Gasteiger partial charge in [-0.3, -0.25) is 9.78 Å². The Bertz CT molecular complexity index is 1250. The maximum Gasteiger partial charge on any atom is 0.224 e. The molecule has 1 aliphatic rings. The maximum absolute atomic E-state index is 12.6. The minimum atomic E-state index is -0.0351. The lowest BCUT2D eigenvalue weighted by atomic mass is 10.0. The summed E-state index contributed by atoms with van der Waals surface area (Å²) < 4.78 is 6.12. The number of carbonyl (C=O) groups excluding carboxylic acids is 1. The first-order valence-electron chi connectivity index (χ1n) is 11.3. The molecule has 0 saturated carbocycles. The zero-order valence-corrected chi connectivity index (χ0v) is 18.3. The average Bonchev–Trinajstić information content (AvgIpc) is 3.37. The van der Waals surface area contributed by atoms with Crippen molar-refractivity contribution in [1.29, 1.82) is 0 Å². The molecular weight excluding hydrogens is 412 g/mol. The fraction of sp³-hybridized carbons (Fsp3) is 0.222. The van der Waals surface area contributed by atoms with Crippen molar-refractivity contribution in [2.75, 3.05) is 13.1 Å². The topological polar surface area (TPSA) is 76.1 Å². The molecule has 0 spiro atoms. The van der Waals surface area contributed by atoms with Crippen LogP contribution in [0.25, 0.3) is 22.2 Å². The maximum atomic E-state index is 12.6. The Hall–Kier alpha value is -3.77. The minimum Gasteiger partial charge on any atom is -0.489 e. The van der Waals surface area contributed by atoms with E-state index in [4.69, 9.17) is 9.72 Å². The molecule has 1 fully saturated rings. The van der Waals surface area contributed by atoms with Crippen molar-refractivity contribution in [1.82, 2.24) is 20.6 Å². The second-order valence-electron chi connectivity index (χ2n) is 8.25. The third kappa shape index (κ3) is 5.18. The molecule has 0 bridgehead atoms. The fourth-order valence-corrected chi connectivity index (χ4v) is 4.10. The van der Waals surface area contributed by atoms with Crippen LogP contribution in [0, 0.1) is 0 Å². The van der Waals surface area contributed by atoms with Crippen LogP contribution in [0.5, 0.6) is 5.75 Å². The van der Waals surface area contributed by atoms with E-state index >= 15 is 0 Å². The SMILES string of the molecule is O=C(Cc1cccc2ccc(-c3cccc(O[C@@H]4CCNC4)c3)nc12)NCc1ccncc1. The van der Waals surface area contributed by atoms with Gasteiger partial charge >= 0.3 is 0 Å². The Kier molecular flexibility index (Phi) is 6.26. The second-order valence-corrected chi connectivity index (χ2v) is 8.25. The highest BCUT2D eigenvalue weighted by molar-refractivity contribution is 5.89. The van der Waals surface area contributed by atoms with Gasteiger partial charge in [0.05, 0.1) is 17.6 Å². The molecule has 3 heterocycles. The number of fused-ring (bicyclic) bond motifs is 1. The van der Waals surface area contributed by atoms with Gasteiger partial charge in [0.2, 0.25) is 5.91 Å². The van der Waals surface area contributed by atoms with Crippen molar-refractivity contribution in [3.05, 3.63) is 90.3 Å². The second kappa shape index (κ2) is 9.79. The summed E-state index contributed by atoms with van der Waals surface area (Å²) in [6.45, 7) is 2.36. The third-order valence-electron chi connectivity index (χ3n) is 5.84. The summed E-state index contributed by atoms with van der Waals surface area (Å²) in [5.74, 6) is 0.818. The molecule has 0 aliphatic carbocycles. The van der Waals surface area contributed by atoms with Crippen LogP contribution in [0.3, 0.4) is 0 Å². The molecule has 33 heavy (non-hydrogen) atoms. The number of hydrogen-bond donors (Lipinski definition) is 2. The molecule has 166 valence electrons. The molecule has 0 unspecified atom stereocenters. The number of ether oxygens (including phenoxy) is 1. The van der Waals surface area contributed by atoms with Gasteiger partial charge in [0, 0.05) is 36.4 Å². The molecule has 2 N–H and O–H groups in total. The summed E-state index contributed by atoms with van der Waals surface area (Å²) in [6, 6.07) is 21.9. The van der Waals surface area contributed by atoms with E-state index in [1.807, 2.05) is 60.7 Å². The van der Waals surface area contributed by atoms with Crippen molar-refractivity contribution in [3.63, 3.8) is 0 Å². The summed E-state index contributed by atoms with van der Waals surface area (Å²) in [5.41, 5.74) is 4.64. The predicted molar refractivity (Wildman–Crippen MR) is 129 cm³/mol. The molecule has 1 atom stereocenters. The molecule has 1 saturated heterocycles. The van der Waals surface area contributed by atoms with Gasteiger partial charge in [0.25, 0.3) is 0 Å². The van der Waals surface area contributed by atoms with Crippen molar-refractivity contribution in [2.24, 2.45) is 0 Å². The zero-order chi connectivity index (χ0) is 22.5. The third-order valence-corrected chi connectivity index (χ3v) is 5.84. The van der Waals surface area contributed by atoms with Crippen LogP contribution in [-0.4, -0.2) is 35.1 Å². The molecule has 2 aromatic heterocycles. The number of aromatic nitrogens is 2. The van der Waals surface area contributed by atoms with Crippen LogP contribution in [-0.2, 0) is 17.8 Å². The molecule has 4 aromatic rings. The lowest BCUT2D eigenvalue weighted by Gasteiger charge is -2.13. The Morgan fingerprint density at radius 1 is 1.06 bits per heavy atom. The summed E-state index contributed by atoms with van der Waals surface area (Å²) in [5, 5.41) is 7.33. The van der Waals surface area contributed by atoms with E-state index in [9.17, 15) is 4.79 Å². The van der Waals surface area contributed by atoms with Crippen LogP contribution >= 0.6 is 0 Å². The summed E-state index contributed by atoms with van der Waals surface area (Å²) >= 11 is 0. The van der Waals surface area contributed by atoms with Gasteiger partial charge in [0.15, 0.2) is 0 Å². The highest BCUT2D eigenvalue weighted by atomic mass is 16.5. The summed E-state index contributed by atoms with van der Waals surface area (Å²) in [6.07, 6.45) is 4.95. The van der Waals surface area contributed by atoms with E-state index in [0.717, 1.165) is 58.5 Å². The van der Waals surface area contributed by atoms with Crippen LogP contribution < -0.4 is 15.4 Å². The molecule has 6 heteroatoms. The van der Waals surface area contributed by atoms with Gasteiger partial charge in [-0.05, 0) is 54.4 Å². The van der Waals surface area contributed by atoms with Gasteiger partial charge in [-0.25, -0.2) is 4.98 Å². The highest BCUT2D eigenvalue weighted by Gasteiger charge is 2.16. The van der Waals surface area contributed by atoms with Crippen molar-refractivity contribution in [2.45, 2.75) is 25.5 Å². The van der Waals surface area contributed by atoms with Crippen LogP contribution in [0.1, 0.15) is 17.5 Å². The van der Waals surface area contributed by atoms with E-state index in [1.54, 1.807) is 12.4 Å². The van der Waals surface area contributed by atoms with Crippen LogP contribution in [0.15, 0.2) is 79.1 Å². The Balaban J connectivity index is 1.35. The van der Waals surface area contributed by atoms with Gasteiger partial charge in [-0.2, -0.15) is 0 Å². The van der Waals surface area contributed by atoms with Gasteiger partial charge in [-0.1, -0.05) is 36.4 Å². The highest BCUT2D eigenvalue weighted by Crippen LogP contribution is 2.27. The molecule has 5 rings (SSSR count). The van der Waals surface area contributed by atoms with Gasteiger partial charge in [-0.15, -0.1) is 0 Å². The van der Waals surface area contributed by atoms with Crippen LogP contribution in [0.4, 0.5) is 0 Å². The monoisotopic (exact) mass is 438 g/mol. The van der Waals surface area contributed by atoms with Crippen molar-refractivity contribution >= 4 is 16.8 Å².